The van der Waals surface area contributed by atoms with Gasteiger partial charge in [0.1, 0.15) is 12.4 Å². The van der Waals surface area contributed by atoms with Crippen molar-refractivity contribution < 1.29 is 9.53 Å². The molecule has 0 radical (unpaired) electrons. The van der Waals surface area contributed by atoms with Crippen LogP contribution in [0.15, 0.2) is 18.6 Å². The monoisotopic (exact) mass is 236 g/mol. The van der Waals surface area contributed by atoms with E-state index in [4.69, 9.17) is 10.5 Å². The summed E-state index contributed by atoms with van der Waals surface area (Å²) in [7, 11) is 0. The van der Waals surface area contributed by atoms with Crippen LogP contribution in [-0.4, -0.2) is 34.6 Å². The molecule has 1 amide bonds. The molecule has 0 spiro atoms. The summed E-state index contributed by atoms with van der Waals surface area (Å²) in [5.74, 6) is -0.0976. The van der Waals surface area contributed by atoms with Gasteiger partial charge in [-0.05, 0) is 18.9 Å². The summed E-state index contributed by atoms with van der Waals surface area (Å²) in [6.07, 6.45) is 4.33. The third-order valence-electron chi connectivity index (χ3n) is 2.75. The van der Waals surface area contributed by atoms with Crippen molar-refractivity contribution in [1.82, 2.24) is 15.3 Å². The Morgan fingerprint density at radius 3 is 3.12 bits per heavy atom. The SMILES string of the molecule is NCC1CCC(C(=O)NCc2ccncn2)O1. The highest BCUT2D eigenvalue weighted by Gasteiger charge is 2.29. The van der Waals surface area contributed by atoms with Crippen LogP contribution < -0.4 is 11.1 Å². The molecule has 17 heavy (non-hydrogen) atoms. The minimum Gasteiger partial charge on any atom is -0.364 e. The van der Waals surface area contributed by atoms with E-state index in [0.29, 0.717) is 13.1 Å². The van der Waals surface area contributed by atoms with E-state index in [9.17, 15) is 4.79 Å². The normalized spacial score (nSPS) is 23.6. The lowest BCUT2D eigenvalue weighted by atomic mass is 10.2. The first-order valence-electron chi connectivity index (χ1n) is 5.67. The van der Waals surface area contributed by atoms with Gasteiger partial charge in [0.2, 0.25) is 5.91 Å². The van der Waals surface area contributed by atoms with Gasteiger partial charge >= 0.3 is 0 Å². The molecule has 1 aliphatic rings. The average molecular weight is 236 g/mol. The van der Waals surface area contributed by atoms with Gasteiger partial charge in [0.25, 0.3) is 0 Å². The molecule has 2 unspecified atom stereocenters. The maximum Gasteiger partial charge on any atom is 0.249 e. The predicted octanol–water partition coefficient (Wildman–Crippen LogP) is -0.401. The lowest BCUT2D eigenvalue weighted by molar-refractivity contribution is -0.132. The third-order valence-corrected chi connectivity index (χ3v) is 2.75. The summed E-state index contributed by atoms with van der Waals surface area (Å²) in [5.41, 5.74) is 6.27. The van der Waals surface area contributed by atoms with E-state index >= 15 is 0 Å². The summed E-state index contributed by atoms with van der Waals surface area (Å²) >= 11 is 0. The molecule has 0 saturated carbocycles. The van der Waals surface area contributed by atoms with Gasteiger partial charge < -0.3 is 15.8 Å². The van der Waals surface area contributed by atoms with Crippen LogP contribution in [0.25, 0.3) is 0 Å². The number of nitrogens with one attached hydrogen (secondary N) is 1. The summed E-state index contributed by atoms with van der Waals surface area (Å²) in [6.45, 7) is 0.865. The fourth-order valence-electron chi connectivity index (χ4n) is 1.79. The number of nitrogens with two attached hydrogens (primary N) is 1. The van der Waals surface area contributed by atoms with E-state index in [0.717, 1.165) is 18.5 Å². The predicted molar refractivity (Wildman–Crippen MR) is 60.8 cm³/mol. The zero-order chi connectivity index (χ0) is 12.1. The van der Waals surface area contributed by atoms with Gasteiger partial charge in [-0.2, -0.15) is 0 Å². The topological polar surface area (TPSA) is 90.1 Å². The Hall–Kier alpha value is -1.53. The fraction of sp³-hybridized carbons (Fsp3) is 0.545. The number of carbonyl (C=O) groups excluding carboxylic acids is 1. The smallest absolute Gasteiger partial charge is 0.249 e. The quantitative estimate of drug-likeness (QED) is 0.742. The molecule has 2 heterocycles. The van der Waals surface area contributed by atoms with Crippen molar-refractivity contribution in [2.75, 3.05) is 6.54 Å². The van der Waals surface area contributed by atoms with Crippen molar-refractivity contribution >= 4 is 5.91 Å². The van der Waals surface area contributed by atoms with Crippen LogP contribution in [0.2, 0.25) is 0 Å². The number of hydrogen-bond acceptors (Lipinski definition) is 5. The number of rotatable bonds is 4. The van der Waals surface area contributed by atoms with E-state index < -0.39 is 0 Å². The van der Waals surface area contributed by atoms with Crippen LogP contribution in [0.3, 0.4) is 0 Å². The molecule has 0 aromatic carbocycles. The largest absolute Gasteiger partial charge is 0.364 e. The van der Waals surface area contributed by atoms with E-state index in [1.54, 1.807) is 12.3 Å². The molecule has 92 valence electrons. The fourth-order valence-corrected chi connectivity index (χ4v) is 1.79. The van der Waals surface area contributed by atoms with Gasteiger partial charge in [-0.25, -0.2) is 9.97 Å². The molecular formula is C11H16N4O2. The Bertz CT molecular complexity index is 371. The zero-order valence-corrected chi connectivity index (χ0v) is 9.50. The molecule has 1 saturated heterocycles. The average Bonchev–Trinajstić information content (AvgIpc) is 2.86. The molecule has 1 aromatic rings. The highest BCUT2D eigenvalue weighted by Crippen LogP contribution is 2.18. The standard InChI is InChI=1S/C11H16N4O2/c12-5-9-1-2-10(17-9)11(16)14-6-8-3-4-13-7-15-8/h3-4,7,9-10H,1-2,5-6,12H2,(H,14,16). The van der Waals surface area contributed by atoms with Gasteiger partial charge in [-0.1, -0.05) is 0 Å². The van der Waals surface area contributed by atoms with Gasteiger partial charge in [0.15, 0.2) is 0 Å². The molecule has 1 fully saturated rings. The van der Waals surface area contributed by atoms with Crippen molar-refractivity contribution in [2.24, 2.45) is 5.73 Å². The van der Waals surface area contributed by atoms with Crippen LogP contribution in [0, 0.1) is 0 Å². The van der Waals surface area contributed by atoms with E-state index in [1.807, 2.05) is 0 Å². The van der Waals surface area contributed by atoms with Gasteiger partial charge in [-0.3, -0.25) is 4.79 Å². The molecule has 3 N–H and O–H groups in total. The molecule has 1 aliphatic heterocycles. The van der Waals surface area contributed by atoms with E-state index in [1.165, 1.54) is 6.33 Å². The molecule has 2 rings (SSSR count). The van der Waals surface area contributed by atoms with Crippen LogP contribution in [-0.2, 0) is 16.1 Å². The number of aromatic nitrogens is 2. The van der Waals surface area contributed by atoms with Crippen LogP contribution in [0.4, 0.5) is 0 Å². The van der Waals surface area contributed by atoms with Crippen molar-refractivity contribution in [3.63, 3.8) is 0 Å². The highest BCUT2D eigenvalue weighted by molar-refractivity contribution is 5.80. The number of hydrogen-bond donors (Lipinski definition) is 2. The Morgan fingerprint density at radius 2 is 2.47 bits per heavy atom. The first-order chi connectivity index (χ1) is 8.29. The molecule has 0 bridgehead atoms. The molecule has 0 aliphatic carbocycles. The van der Waals surface area contributed by atoms with E-state index in [2.05, 4.69) is 15.3 Å². The van der Waals surface area contributed by atoms with E-state index in [-0.39, 0.29) is 18.1 Å². The lowest BCUT2D eigenvalue weighted by Crippen LogP contribution is -2.35. The van der Waals surface area contributed by atoms with Crippen molar-refractivity contribution in [2.45, 2.75) is 31.6 Å². The molecule has 1 aromatic heterocycles. The second-order valence-electron chi connectivity index (χ2n) is 3.98. The number of ether oxygens (including phenoxy) is 1. The Labute approximate surface area is 99.6 Å². The molecule has 6 nitrogen and oxygen atoms in total. The third kappa shape index (κ3) is 3.21. The van der Waals surface area contributed by atoms with Crippen molar-refractivity contribution in [3.05, 3.63) is 24.3 Å². The summed E-state index contributed by atoms with van der Waals surface area (Å²) in [4.78, 5) is 19.6. The molecular weight excluding hydrogens is 220 g/mol. The molecule has 6 heteroatoms. The Balaban J connectivity index is 1.78. The van der Waals surface area contributed by atoms with Gasteiger partial charge in [0.05, 0.1) is 18.3 Å². The summed E-state index contributed by atoms with van der Waals surface area (Å²) < 4.78 is 5.49. The van der Waals surface area contributed by atoms with Crippen molar-refractivity contribution in [3.8, 4) is 0 Å². The first kappa shape index (κ1) is 11.9. The number of nitrogens with zero attached hydrogens (tertiary/aromatic N) is 2. The first-order valence-corrected chi connectivity index (χ1v) is 5.67. The summed E-state index contributed by atoms with van der Waals surface area (Å²) in [6, 6.07) is 1.76. The van der Waals surface area contributed by atoms with Crippen LogP contribution >= 0.6 is 0 Å². The second-order valence-corrected chi connectivity index (χ2v) is 3.98. The number of carbonyl (C=O) groups is 1. The number of amides is 1. The minimum absolute atomic E-state index is 0.0183. The Kier molecular flexibility index (Phi) is 4.00. The highest BCUT2D eigenvalue weighted by atomic mass is 16.5. The van der Waals surface area contributed by atoms with Crippen LogP contribution in [0.1, 0.15) is 18.5 Å². The summed E-state index contributed by atoms with van der Waals surface area (Å²) in [5, 5.41) is 2.79. The maximum atomic E-state index is 11.8. The second kappa shape index (κ2) is 5.70. The molecule has 2 atom stereocenters. The van der Waals surface area contributed by atoms with Crippen LogP contribution in [0.5, 0.6) is 0 Å². The Morgan fingerprint density at radius 1 is 1.59 bits per heavy atom. The minimum atomic E-state index is -0.370. The zero-order valence-electron chi connectivity index (χ0n) is 9.50. The van der Waals surface area contributed by atoms with Gasteiger partial charge in [0, 0.05) is 12.7 Å². The lowest BCUT2D eigenvalue weighted by Gasteiger charge is -2.12. The maximum absolute atomic E-state index is 11.8. The van der Waals surface area contributed by atoms with Crippen molar-refractivity contribution in [1.29, 1.82) is 0 Å². The van der Waals surface area contributed by atoms with Gasteiger partial charge in [-0.15, -0.1) is 0 Å².